The smallest absolute Gasteiger partial charge is 0.127 e. The summed E-state index contributed by atoms with van der Waals surface area (Å²) in [7, 11) is 0. The summed E-state index contributed by atoms with van der Waals surface area (Å²) in [6.07, 6.45) is 3.67. The maximum atomic E-state index is 8.37. The van der Waals surface area contributed by atoms with Crippen LogP contribution in [0, 0.1) is 6.92 Å². The van der Waals surface area contributed by atoms with Gasteiger partial charge in [0.2, 0.25) is 0 Å². The van der Waals surface area contributed by atoms with Crippen molar-refractivity contribution >= 4 is 29.4 Å². The summed E-state index contributed by atoms with van der Waals surface area (Å²) in [6, 6.07) is 3.79. The molecule has 0 aliphatic carbocycles. The molecule has 0 spiro atoms. The Kier molecular flexibility index (Phi) is 7.26. The van der Waals surface area contributed by atoms with E-state index in [0.29, 0.717) is 6.61 Å². The molecule has 0 aliphatic rings. The largest absolute Gasteiger partial charge is 0.489 e. The zero-order valence-electron chi connectivity index (χ0n) is 11.4. The molecule has 0 amide bonds. The van der Waals surface area contributed by atoms with Gasteiger partial charge in [0.05, 0.1) is 6.21 Å². The van der Waals surface area contributed by atoms with Crippen molar-refractivity contribution in [3.8, 4) is 11.5 Å². The summed E-state index contributed by atoms with van der Waals surface area (Å²) >= 11 is 11.0. The SMILES string of the molecule is CCc1cc(OCC=C(Cl)Cl)cc(C)c1OCC=NO. The molecule has 0 atom stereocenters. The molecule has 0 radical (unpaired) electrons. The molecule has 0 aliphatic heterocycles. The lowest BCUT2D eigenvalue weighted by molar-refractivity contribution is 0.311. The molecule has 0 unspecified atom stereocenters. The van der Waals surface area contributed by atoms with Crippen LogP contribution in [0.5, 0.6) is 11.5 Å². The summed E-state index contributed by atoms with van der Waals surface area (Å²) in [5.74, 6) is 1.51. The van der Waals surface area contributed by atoms with E-state index in [9.17, 15) is 0 Å². The van der Waals surface area contributed by atoms with E-state index < -0.39 is 0 Å². The van der Waals surface area contributed by atoms with E-state index in [1.54, 1.807) is 6.08 Å². The van der Waals surface area contributed by atoms with Gasteiger partial charge in [0.1, 0.15) is 29.2 Å². The fraction of sp³-hybridized carbons (Fsp3) is 0.357. The number of nitrogens with zero attached hydrogens (tertiary/aromatic N) is 1. The Balaban J connectivity index is 2.86. The van der Waals surface area contributed by atoms with Gasteiger partial charge < -0.3 is 14.7 Å². The number of hydrogen-bond acceptors (Lipinski definition) is 4. The highest BCUT2D eigenvalue weighted by Crippen LogP contribution is 2.29. The molecule has 110 valence electrons. The second-order valence-corrected chi connectivity index (χ2v) is 5.00. The van der Waals surface area contributed by atoms with E-state index >= 15 is 0 Å². The molecule has 20 heavy (non-hydrogen) atoms. The van der Waals surface area contributed by atoms with Gasteiger partial charge in [-0.2, -0.15) is 0 Å². The number of aryl methyl sites for hydroxylation is 2. The van der Waals surface area contributed by atoms with Crippen LogP contribution >= 0.6 is 23.2 Å². The third-order valence-electron chi connectivity index (χ3n) is 2.58. The van der Waals surface area contributed by atoms with Gasteiger partial charge in [-0.3, -0.25) is 0 Å². The first kappa shape index (κ1) is 16.7. The first-order chi connectivity index (χ1) is 9.58. The quantitative estimate of drug-likeness (QED) is 0.468. The summed E-state index contributed by atoms with van der Waals surface area (Å²) < 4.78 is 11.3. The number of rotatable bonds is 7. The van der Waals surface area contributed by atoms with Gasteiger partial charge >= 0.3 is 0 Å². The maximum absolute atomic E-state index is 8.37. The van der Waals surface area contributed by atoms with E-state index in [2.05, 4.69) is 5.16 Å². The molecule has 1 aromatic carbocycles. The highest BCUT2D eigenvalue weighted by molar-refractivity contribution is 6.55. The van der Waals surface area contributed by atoms with E-state index in [4.69, 9.17) is 37.9 Å². The molecule has 1 rings (SSSR count). The van der Waals surface area contributed by atoms with Crippen LogP contribution in [0.2, 0.25) is 0 Å². The average Bonchev–Trinajstić information content (AvgIpc) is 2.40. The Hall–Kier alpha value is -1.39. The van der Waals surface area contributed by atoms with Crippen LogP contribution in [0.1, 0.15) is 18.1 Å². The zero-order valence-corrected chi connectivity index (χ0v) is 12.9. The molecule has 0 saturated heterocycles. The Morgan fingerprint density at radius 3 is 2.65 bits per heavy atom. The Labute approximate surface area is 128 Å². The van der Waals surface area contributed by atoms with Crippen LogP contribution in [-0.4, -0.2) is 24.6 Å². The molecule has 0 heterocycles. The number of benzene rings is 1. The molecular formula is C14H17Cl2NO3. The number of oxime groups is 1. The number of halogens is 2. The standard InChI is InChI=1S/C14H17Cl2NO3/c1-3-11-9-12(19-6-4-13(15)16)8-10(2)14(11)20-7-5-17-18/h4-5,8-9,18H,3,6-7H2,1-2H3. The molecule has 6 heteroatoms. The predicted molar refractivity (Wildman–Crippen MR) is 81.6 cm³/mol. The van der Waals surface area contributed by atoms with Crippen molar-refractivity contribution in [1.82, 2.24) is 0 Å². The third kappa shape index (κ3) is 5.31. The second kappa shape index (κ2) is 8.72. The van der Waals surface area contributed by atoms with Gasteiger partial charge in [-0.15, -0.1) is 0 Å². The van der Waals surface area contributed by atoms with Crippen LogP contribution in [0.3, 0.4) is 0 Å². The number of hydrogen-bond donors (Lipinski definition) is 1. The van der Waals surface area contributed by atoms with Crippen molar-refractivity contribution < 1.29 is 14.7 Å². The van der Waals surface area contributed by atoms with Crippen molar-refractivity contribution in [3.63, 3.8) is 0 Å². The summed E-state index contributed by atoms with van der Waals surface area (Å²) in [4.78, 5) is 0. The first-order valence-electron chi connectivity index (χ1n) is 6.14. The van der Waals surface area contributed by atoms with Crippen molar-refractivity contribution in [3.05, 3.63) is 33.8 Å². The first-order valence-corrected chi connectivity index (χ1v) is 6.90. The summed E-state index contributed by atoms with van der Waals surface area (Å²) in [6.45, 7) is 4.49. The highest BCUT2D eigenvalue weighted by Gasteiger charge is 2.09. The molecule has 4 nitrogen and oxygen atoms in total. The Morgan fingerprint density at radius 1 is 1.30 bits per heavy atom. The normalized spacial score (nSPS) is 10.6. The molecule has 0 fully saturated rings. The molecule has 0 bridgehead atoms. The molecule has 0 saturated carbocycles. The van der Waals surface area contributed by atoms with E-state index in [0.717, 1.165) is 29.0 Å². The van der Waals surface area contributed by atoms with Crippen LogP contribution in [0.15, 0.2) is 27.9 Å². The van der Waals surface area contributed by atoms with Crippen LogP contribution in [-0.2, 0) is 6.42 Å². The fourth-order valence-electron chi connectivity index (χ4n) is 1.72. The van der Waals surface area contributed by atoms with Crippen LogP contribution in [0.25, 0.3) is 0 Å². The second-order valence-electron chi connectivity index (χ2n) is 4.00. The topological polar surface area (TPSA) is 51.0 Å². The molecule has 1 aromatic rings. The monoisotopic (exact) mass is 317 g/mol. The van der Waals surface area contributed by atoms with Gasteiger partial charge in [0.25, 0.3) is 0 Å². The van der Waals surface area contributed by atoms with Gasteiger partial charge in [0.15, 0.2) is 0 Å². The molecular weight excluding hydrogens is 301 g/mol. The molecule has 0 aromatic heterocycles. The van der Waals surface area contributed by atoms with Crippen molar-refractivity contribution in [1.29, 1.82) is 0 Å². The highest BCUT2D eigenvalue weighted by atomic mass is 35.5. The minimum absolute atomic E-state index is 0.181. The van der Waals surface area contributed by atoms with Gasteiger partial charge in [-0.25, -0.2) is 0 Å². The van der Waals surface area contributed by atoms with Crippen molar-refractivity contribution in [2.75, 3.05) is 13.2 Å². The van der Waals surface area contributed by atoms with Crippen LogP contribution in [0.4, 0.5) is 0 Å². The average molecular weight is 318 g/mol. The third-order valence-corrected chi connectivity index (χ3v) is 2.89. The maximum Gasteiger partial charge on any atom is 0.127 e. The van der Waals surface area contributed by atoms with Gasteiger partial charge in [-0.1, -0.05) is 35.3 Å². The lowest BCUT2D eigenvalue weighted by Crippen LogP contribution is -2.04. The zero-order chi connectivity index (χ0) is 15.0. The van der Waals surface area contributed by atoms with E-state index in [1.807, 2.05) is 26.0 Å². The van der Waals surface area contributed by atoms with Gasteiger partial charge in [0, 0.05) is 0 Å². The van der Waals surface area contributed by atoms with Gasteiger partial charge in [-0.05, 0) is 42.7 Å². The Morgan fingerprint density at radius 2 is 2.05 bits per heavy atom. The fourth-order valence-corrected chi connectivity index (χ4v) is 1.84. The minimum atomic E-state index is 0.181. The minimum Gasteiger partial charge on any atom is -0.489 e. The van der Waals surface area contributed by atoms with E-state index in [-0.39, 0.29) is 11.1 Å². The summed E-state index contributed by atoms with van der Waals surface area (Å²) in [5, 5.41) is 11.3. The van der Waals surface area contributed by atoms with E-state index in [1.165, 1.54) is 6.21 Å². The molecule has 1 N–H and O–H groups in total. The Bertz CT molecular complexity index is 497. The van der Waals surface area contributed by atoms with Crippen LogP contribution < -0.4 is 9.47 Å². The number of ether oxygens (including phenoxy) is 2. The van der Waals surface area contributed by atoms with Crippen molar-refractivity contribution in [2.24, 2.45) is 5.16 Å². The predicted octanol–water partition coefficient (Wildman–Crippen LogP) is 4.09. The van der Waals surface area contributed by atoms with Crippen molar-refractivity contribution in [2.45, 2.75) is 20.3 Å². The lowest BCUT2D eigenvalue weighted by Gasteiger charge is -2.14. The lowest BCUT2D eigenvalue weighted by atomic mass is 10.1. The summed E-state index contributed by atoms with van der Waals surface area (Å²) in [5.41, 5.74) is 1.97.